The summed E-state index contributed by atoms with van der Waals surface area (Å²) >= 11 is 0. The zero-order valence-corrected chi connectivity index (χ0v) is 22.9. The van der Waals surface area contributed by atoms with E-state index in [2.05, 4.69) is 34.6 Å². The molecule has 204 valence electrons. The molecule has 7 nitrogen and oxygen atoms in total. The normalized spacial score (nSPS) is 28.2. The molecule has 2 aromatic heterocycles. The van der Waals surface area contributed by atoms with Crippen LogP contribution in [-0.2, 0) is 13.1 Å². The monoisotopic (exact) mass is 507 g/mol. The summed E-state index contributed by atoms with van der Waals surface area (Å²) in [5.74, 6) is 2.98. The molecule has 0 atom stereocenters. The molecule has 0 amide bonds. The van der Waals surface area contributed by atoms with Crippen LogP contribution >= 0.6 is 0 Å². The molecular weight excluding hydrogens is 458 g/mol. The van der Waals surface area contributed by atoms with E-state index in [1.165, 1.54) is 116 Å². The molecule has 2 aliphatic heterocycles. The molecule has 37 heavy (non-hydrogen) atoms. The number of likely N-dealkylation sites (tertiary alicyclic amines) is 2. The molecule has 4 heterocycles. The minimum atomic E-state index is 0.616. The Morgan fingerprint density at radius 3 is 1.92 bits per heavy atom. The van der Waals surface area contributed by atoms with Crippen LogP contribution < -0.4 is 0 Å². The van der Waals surface area contributed by atoms with Gasteiger partial charge in [0.05, 0.1) is 13.1 Å². The van der Waals surface area contributed by atoms with Gasteiger partial charge in [0.15, 0.2) is 0 Å². The number of hydrogen-bond acceptors (Lipinski definition) is 5. The van der Waals surface area contributed by atoms with Crippen molar-refractivity contribution in [2.45, 2.75) is 109 Å². The molecule has 0 radical (unpaired) electrons. The van der Waals surface area contributed by atoms with Crippen LogP contribution in [0.2, 0.25) is 0 Å². The SMILES string of the molecule is c1c[nH]c(CN(Cc2ncc[nH]2)C2CCC(CN3CCC4(CC3)CCN(C3CCCCC3)CC4)CC2)n1. The Morgan fingerprint density at radius 2 is 1.35 bits per heavy atom. The largest absolute Gasteiger partial charge is 0.348 e. The van der Waals surface area contributed by atoms with E-state index in [0.29, 0.717) is 11.5 Å². The number of imidazole rings is 2. The highest BCUT2D eigenvalue weighted by Crippen LogP contribution is 2.43. The molecule has 2 N–H and O–H groups in total. The van der Waals surface area contributed by atoms with Crippen molar-refractivity contribution in [1.29, 1.82) is 0 Å². The third kappa shape index (κ3) is 6.48. The molecule has 0 unspecified atom stereocenters. The summed E-state index contributed by atoms with van der Waals surface area (Å²) in [7, 11) is 0. The number of rotatable bonds is 8. The van der Waals surface area contributed by atoms with Crippen LogP contribution in [0.25, 0.3) is 0 Å². The minimum absolute atomic E-state index is 0.616. The molecule has 0 aromatic carbocycles. The standard InChI is InChI=1S/C30H49N7/c1-2-4-26(5-3-1)36-20-12-30(13-21-36)10-18-35(19-11-30)22-25-6-8-27(9-7-25)37(23-28-31-14-15-32-28)24-29-33-16-17-34-29/h14-17,25-27H,1-13,18-24H2,(H,31,32)(H,33,34). The summed E-state index contributed by atoms with van der Waals surface area (Å²) < 4.78 is 0. The van der Waals surface area contributed by atoms with Crippen LogP contribution in [0.1, 0.15) is 95.1 Å². The van der Waals surface area contributed by atoms with E-state index in [1.54, 1.807) is 0 Å². The second-order valence-corrected chi connectivity index (χ2v) is 12.8. The van der Waals surface area contributed by atoms with Crippen LogP contribution in [0, 0.1) is 11.3 Å². The van der Waals surface area contributed by atoms with Gasteiger partial charge < -0.3 is 19.8 Å². The Kier molecular flexibility index (Phi) is 8.29. The van der Waals surface area contributed by atoms with Gasteiger partial charge >= 0.3 is 0 Å². The molecule has 7 heteroatoms. The Hall–Kier alpha value is -1.70. The van der Waals surface area contributed by atoms with Crippen molar-refractivity contribution in [1.82, 2.24) is 34.6 Å². The fraction of sp³-hybridized carbons (Fsp3) is 0.800. The summed E-state index contributed by atoms with van der Waals surface area (Å²) in [5.41, 5.74) is 0.664. The number of nitrogens with one attached hydrogen (secondary N) is 2. The molecule has 1 spiro atoms. The third-order valence-corrected chi connectivity index (χ3v) is 10.5. The molecular formula is C30H49N7. The van der Waals surface area contributed by atoms with E-state index in [1.807, 2.05) is 24.8 Å². The number of aromatic nitrogens is 4. The number of nitrogens with zero attached hydrogens (tertiary/aromatic N) is 5. The van der Waals surface area contributed by atoms with Gasteiger partial charge in [-0.05, 0) is 102 Å². The predicted octanol–water partition coefficient (Wildman–Crippen LogP) is 5.20. The Labute approximate surface area is 223 Å². The lowest BCUT2D eigenvalue weighted by Gasteiger charge is -2.49. The van der Waals surface area contributed by atoms with Gasteiger partial charge in [0.25, 0.3) is 0 Å². The van der Waals surface area contributed by atoms with Crippen molar-refractivity contribution in [3.63, 3.8) is 0 Å². The van der Waals surface area contributed by atoms with Gasteiger partial charge in [0, 0.05) is 43.4 Å². The van der Waals surface area contributed by atoms with Gasteiger partial charge in [-0.1, -0.05) is 19.3 Å². The second-order valence-electron chi connectivity index (χ2n) is 12.8. The van der Waals surface area contributed by atoms with Crippen molar-refractivity contribution < 1.29 is 0 Å². The van der Waals surface area contributed by atoms with E-state index >= 15 is 0 Å². The summed E-state index contributed by atoms with van der Waals surface area (Å²) in [5, 5.41) is 0. The second kappa shape index (κ2) is 12.0. The molecule has 6 rings (SSSR count). The molecule has 4 aliphatic rings. The van der Waals surface area contributed by atoms with E-state index < -0.39 is 0 Å². The highest BCUT2D eigenvalue weighted by molar-refractivity contribution is 4.95. The van der Waals surface area contributed by atoms with Crippen molar-refractivity contribution in [3.05, 3.63) is 36.4 Å². The summed E-state index contributed by atoms with van der Waals surface area (Å²) in [6, 6.07) is 1.53. The number of aromatic amines is 2. The summed E-state index contributed by atoms with van der Waals surface area (Å²) in [6.07, 6.45) is 26.0. The van der Waals surface area contributed by atoms with Crippen LogP contribution in [-0.4, -0.2) is 79.4 Å². The van der Waals surface area contributed by atoms with Gasteiger partial charge in [0.1, 0.15) is 11.6 Å². The van der Waals surface area contributed by atoms with Gasteiger partial charge in [-0.15, -0.1) is 0 Å². The van der Waals surface area contributed by atoms with Gasteiger partial charge in [-0.25, -0.2) is 9.97 Å². The zero-order valence-electron chi connectivity index (χ0n) is 22.9. The molecule has 2 saturated heterocycles. The van der Waals surface area contributed by atoms with Crippen LogP contribution in [0.3, 0.4) is 0 Å². The Balaban J connectivity index is 0.942. The maximum atomic E-state index is 4.50. The van der Waals surface area contributed by atoms with Crippen LogP contribution in [0.5, 0.6) is 0 Å². The predicted molar refractivity (Wildman–Crippen MR) is 148 cm³/mol. The first-order chi connectivity index (χ1) is 18.2. The third-order valence-electron chi connectivity index (χ3n) is 10.5. The van der Waals surface area contributed by atoms with Crippen molar-refractivity contribution in [3.8, 4) is 0 Å². The lowest BCUT2D eigenvalue weighted by atomic mass is 9.70. The topological polar surface area (TPSA) is 67.1 Å². The average Bonchev–Trinajstić information content (AvgIpc) is 3.66. The lowest BCUT2D eigenvalue weighted by molar-refractivity contribution is 0.00725. The summed E-state index contributed by atoms with van der Waals surface area (Å²) in [6.45, 7) is 8.50. The fourth-order valence-electron chi connectivity index (χ4n) is 8.05. The number of piperidine rings is 2. The van der Waals surface area contributed by atoms with E-state index in [4.69, 9.17) is 0 Å². The van der Waals surface area contributed by atoms with Crippen LogP contribution in [0.4, 0.5) is 0 Å². The molecule has 2 aromatic rings. The zero-order chi connectivity index (χ0) is 24.9. The Morgan fingerprint density at radius 1 is 0.757 bits per heavy atom. The van der Waals surface area contributed by atoms with Crippen LogP contribution in [0.15, 0.2) is 24.8 Å². The molecule has 2 aliphatic carbocycles. The first-order valence-corrected chi connectivity index (χ1v) is 15.4. The van der Waals surface area contributed by atoms with E-state index in [9.17, 15) is 0 Å². The number of H-pyrrole nitrogens is 2. The molecule has 0 bridgehead atoms. The quantitative estimate of drug-likeness (QED) is 0.514. The summed E-state index contributed by atoms with van der Waals surface area (Å²) in [4.78, 5) is 23.9. The van der Waals surface area contributed by atoms with Gasteiger partial charge in [-0.3, -0.25) is 4.90 Å². The molecule has 2 saturated carbocycles. The number of hydrogen-bond donors (Lipinski definition) is 2. The smallest absolute Gasteiger partial charge is 0.120 e. The van der Waals surface area contributed by atoms with Gasteiger partial charge in [-0.2, -0.15) is 0 Å². The van der Waals surface area contributed by atoms with Crippen molar-refractivity contribution in [2.75, 3.05) is 32.7 Å². The maximum absolute atomic E-state index is 4.50. The lowest BCUT2D eigenvalue weighted by Crippen LogP contribution is -2.50. The molecule has 4 fully saturated rings. The minimum Gasteiger partial charge on any atom is -0.348 e. The Bertz CT molecular complexity index is 858. The fourth-order valence-corrected chi connectivity index (χ4v) is 8.05. The van der Waals surface area contributed by atoms with Gasteiger partial charge in [0.2, 0.25) is 0 Å². The first-order valence-electron chi connectivity index (χ1n) is 15.4. The van der Waals surface area contributed by atoms with Crippen molar-refractivity contribution in [2.24, 2.45) is 11.3 Å². The van der Waals surface area contributed by atoms with E-state index in [-0.39, 0.29) is 0 Å². The van der Waals surface area contributed by atoms with E-state index in [0.717, 1.165) is 36.7 Å². The maximum Gasteiger partial charge on any atom is 0.120 e. The average molecular weight is 508 g/mol. The van der Waals surface area contributed by atoms with Crippen molar-refractivity contribution >= 4 is 0 Å². The highest BCUT2D eigenvalue weighted by Gasteiger charge is 2.39. The first kappa shape index (κ1) is 25.6. The highest BCUT2D eigenvalue weighted by atomic mass is 15.2.